The van der Waals surface area contributed by atoms with Crippen LogP contribution < -0.4 is 9.62 Å². The van der Waals surface area contributed by atoms with Crippen LogP contribution >= 0.6 is 27.5 Å². The summed E-state index contributed by atoms with van der Waals surface area (Å²) in [5.74, 6) is -0.655. The second-order valence-corrected chi connectivity index (χ2v) is 12.4. The Bertz CT molecular complexity index is 1370. The van der Waals surface area contributed by atoms with E-state index in [0.29, 0.717) is 27.3 Å². The zero-order valence-corrected chi connectivity index (χ0v) is 24.6. The van der Waals surface area contributed by atoms with Crippen molar-refractivity contribution in [2.24, 2.45) is 5.92 Å². The third-order valence-electron chi connectivity index (χ3n) is 5.86. The van der Waals surface area contributed by atoms with Gasteiger partial charge in [-0.2, -0.15) is 0 Å². The van der Waals surface area contributed by atoms with E-state index in [1.165, 1.54) is 17.0 Å². The molecule has 0 aliphatic carbocycles. The molecule has 1 atom stereocenters. The highest BCUT2D eigenvalue weighted by Gasteiger charge is 2.32. The van der Waals surface area contributed by atoms with Crippen molar-refractivity contribution >= 4 is 55.1 Å². The first kappa shape index (κ1) is 29.7. The Hall–Kier alpha value is -2.88. The number of hydrogen-bond acceptors (Lipinski definition) is 4. The summed E-state index contributed by atoms with van der Waals surface area (Å²) in [5, 5.41) is 3.31. The van der Waals surface area contributed by atoms with Crippen molar-refractivity contribution in [1.82, 2.24) is 10.2 Å². The standard InChI is InChI=1S/C28H31BrClN3O4S/c1-20(2)17-31-28(35)21(3)32(18-22-10-7-8-15-26(22)30)27(34)19-33(24-12-9-11-23(29)16-24)38(36,37)25-13-5-4-6-14-25/h4-16,20-21H,17-19H2,1-3H3,(H,31,35)/t21-/m0/s1. The molecule has 0 aliphatic heterocycles. The SMILES string of the molecule is CC(C)CNC(=O)[C@H](C)N(Cc1ccccc1Cl)C(=O)CN(c1cccc(Br)c1)S(=O)(=O)c1ccccc1. The number of carbonyl (C=O) groups excluding carboxylic acids is 2. The summed E-state index contributed by atoms with van der Waals surface area (Å²) in [6.07, 6.45) is 0. The number of nitrogens with one attached hydrogen (secondary N) is 1. The van der Waals surface area contributed by atoms with Gasteiger partial charge in [-0.3, -0.25) is 13.9 Å². The molecule has 0 unspecified atom stereocenters. The van der Waals surface area contributed by atoms with Crippen LogP contribution in [0.2, 0.25) is 5.02 Å². The predicted octanol–water partition coefficient (Wildman–Crippen LogP) is 5.49. The van der Waals surface area contributed by atoms with E-state index in [-0.39, 0.29) is 23.3 Å². The maximum Gasteiger partial charge on any atom is 0.264 e. The molecule has 2 amide bonds. The van der Waals surface area contributed by atoms with Gasteiger partial charge in [-0.1, -0.05) is 83.8 Å². The Morgan fingerprint density at radius 3 is 2.24 bits per heavy atom. The molecular formula is C28H31BrClN3O4S. The summed E-state index contributed by atoms with van der Waals surface area (Å²) in [6, 6.07) is 20.8. The number of benzene rings is 3. The summed E-state index contributed by atoms with van der Waals surface area (Å²) in [4.78, 5) is 28.3. The summed E-state index contributed by atoms with van der Waals surface area (Å²) in [5.41, 5.74) is 0.956. The molecule has 0 saturated heterocycles. The van der Waals surface area contributed by atoms with Crippen LogP contribution in [-0.4, -0.2) is 44.3 Å². The molecule has 38 heavy (non-hydrogen) atoms. The van der Waals surface area contributed by atoms with Crippen LogP contribution in [0.4, 0.5) is 5.69 Å². The lowest BCUT2D eigenvalue weighted by Crippen LogP contribution is -2.51. The summed E-state index contributed by atoms with van der Waals surface area (Å²) < 4.78 is 29.2. The number of halogens is 2. The van der Waals surface area contributed by atoms with Crippen molar-refractivity contribution in [3.05, 3.63) is 93.9 Å². The normalized spacial score (nSPS) is 12.2. The van der Waals surface area contributed by atoms with Gasteiger partial charge < -0.3 is 10.2 Å². The molecule has 0 aromatic heterocycles. The highest BCUT2D eigenvalue weighted by molar-refractivity contribution is 9.10. The topological polar surface area (TPSA) is 86.8 Å². The first-order valence-corrected chi connectivity index (χ1v) is 14.8. The number of anilines is 1. The third-order valence-corrected chi connectivity index (χ3v) is 8.51. The van der Waals surface area contributed by atoms with Gasteiger partial charge in [-0.05, 0) is 54.8 Å². The van der Waals surface area contributed by atoms with E-state index in [1.54, 1.807) is 73.7 Å². The Balaban J connectivity index is 2.01. The summed E-state index contributed by atoms with van der Waals surface area (Å²) in [6.45, 7) is 5.54. The number of amides is 2. The van der Waals surface area contributed by atoms with Gasteiger partial charge in [0.1, 0.15) is 12.6 Å². The maximum absolute atomic E-state index is 13.9. The number of hydrogen-bond donors (Lipinski definition) is 1. The largest absolute Gasteiger partial charge is 0.354 e. The molecular weight excluding hydrogens is 590 g/mol. The molecule has 0 spiro atoms. The van der Waals surface area contributed by atoms with E-state index in [9.17, 15) is 18.0 Å². The quantitative estimate of drug-likeness (QED) is 0.307. The van der Waals surface area contributed by atoms with E-state index >= 15 is 0 Å². The van der Waals surface area contributed by atoms with Gasteiger partial charge in [0.15, 0.2) is 0 Å². The molecule has 3 rings (SSSR count). The highest BCUT2D eigenvalue weighted by atomic mass is 79.9. The lowest BCUT2D eigenvalue weighted by Gasteiger charge is -2.32. The predicted molar refractivity (Wildman–Crippen MR) is 154 cm³/mol. The van der Waals surface area contributed by atoms with Gasteiger partial charge in [-0.15, -0.1) is 0 Å². The van der Waals surface area contributed by atoms with Crippen LogP contribution in [0, 0.1) is 5.92 Å². The maximum atomic E-state index is 13.9. The summed E-state index contributed by atoms with van der Waals surface area (Å²) >= 11 is 9.77. The van der Waals surface area contributed by atoms with Gasteiger partial charge in [0.25, 0.3) is 10.0 Å². The van der Waals surface area contributed by atoms with Gasteiger partial charge in [0.05, 0.1) is 10.6 Å². The van der Waals surface area contributed by atoms with Gasteiger partial charge in [0.2, 0.25) is 11.8 Å². The number of sulfonamides is 1. The average molecular weight is 621 g/mol. The fourth-order valence-corrected chi connectivity index (χ4v) is 5.73. The molecule has 0 bridgehead atoms. The fraction of sp³-hybridized carbons (Fsp3) is 0.286. The third kappa shape index (κ3) is 7.58. The van der Waals surface area contributed by atoms with Crippen molar-refractivity contribution in [1.29, 1.82) is 0 Å². The minimum atomic E-state index is -4.11. The van der Waals surface area contributed by atoms with E-state index in [4.69, 9.17) is 11.6 Å². The lowest BCUT2D eigenvalue weighted by atomic mass is 10.1. The van der Waals surface area contributed by atoms with E-state index in [0.717, 1.165) is 4.31 Å². The van der Waals surface area contributed by atoms with E-state index < -0.39 is 28.5 Å². The van der Waals surface area contributed by atoms with Crippen molar-refractivity contribution in [2.45, 2.75) is 38.3 Å². The average Bonchev–Trinajstić information content (AvgIpc) is 2.89. The second-order valence-electron chi connectivity index (χ2n) is 9.23. The molecule has 0 saturated carbocycles. The summed E-state index contributed by atoms with van der Waals surface area (Å²) in [7, 11) is -4.11. The van der Waals surface area contributed by atoms with Crippen molar-refractivity contribution in [2.75, 3.05) is 17.4 Å². The molecule has 7 nitrogen and oxygen atoms in total. The van der Waals surface area contributed by atoms with Crippen LogP contribution in [0.3, 0.4) is 0 Å². The molecule has 3 aromatic rings. The lowest BCUT2D eigenvalue weighted by molar-refractivity contribution is -0.139. The van der Waals surface area contributed by atoms with Crippen LogP contribution in [0.15, 0.2) is 88.2 Å². The van der Waals surface area contributed by atoms with Crippen molar-refractivity contribution in [3.63, 3.8) is 0 Å². The Kier molecular flexibility index (Phi) is 10.4. The first-order chi connectivity index (χ1) is 18.0. The van der Waals surface area contributed by atoms with Crippen LogP contribution in [-0.2, 0) is 26.2 Å². The Morgan fingerprint density at radius 1 is 0.947 bits per heavy atom. The van der Waals surface area contributed by atoms with Gasteiger partial charge >= 0.3 is 0 Å². The van der Waals surface area contributed by atoms with Crippen LogP contribution in [0.25, 0.3) is 0 Å². The molecule has 0 aliphatic rings. The minimum Gasteiger partial charge on any atom is -0.354 e. The smallest absolute Gasteiger partial charge is 0.264 e. The van der Waals surface area contributed by atoms with Crippen LogP contribution in [0.1, 0.15) is 26.3 Å². The minimum absolute atomic E-state index is 0.0342. The fourth-order valence-electron chi connectivity index (χ4n) is 3.72. The molecule has 0 heterocycles. The highest BCUT2D eigenvalue weighted by Crippen LogP contribution is 2.27. The first-order valence-electron chi connectivity index (χ1n) is 12.1. The van der Waals surface area contributed by atoms with Crippen molar-refractivity contribution in [3.8, 4) is 0 Å². The molecule has 202 valence electrons. The molecule has 1 N–H and O–H groups in total. The van der Waals surface area contributed by atoms with Gasteiger partial charge in [-0.25, -0.2) is 8.42 Å². The number of nitrogens with zero attached hydrogens (tertiary/aromatic N) is 2. The molecule has 0 radical (unpaired) electrons. The Labute approximate surface area is 238 Å². The van der Waals surface area contributed by atoms with E-state index in [2.05, 4.69) is 21.2 Å². The number of rotatable bonds is 11. The van der Waals surface area contributed by atoms with E-state index in [1.807, 2.05) is 13.8 Å². The van der Waals surface area contributed by atoms with Crippen LogP contribution in [0.5, 0.6) is 0 Å². The zero-order chi connectivity index (χ0) is 27.9. The van der Waals surface area contributed by atoms with Gasteiger partial charge in [0, 0.05) is 22.6 Å². The zero-order valence-electron chi connectivity index (χ0n) is 21.5. The second kappa shape index (κ2) is 13.3. The van der Waals surface area contributed by atoms with Crippen molar-refractivity contribution < 1.29 is 18.0 Å². The molecule has 10 heteroatoms. The monoisotopic (exact) mass is 619 g/mol. The Morgan fingerprint density at radius 2 is 1.61 bits per heavy atom. The molecule has 3 aromatic carbocycles. The molecule has 0 fully saturated rings. The number of carbonyl (C=O) groups is 2.